The second kappa shape index (κ2) is 6.57. The van der Waals surface area contributed by atoms with Gasteiger partial charge in [-0.1, -0.05) is 13.0 Å². The second-order valence-electron chi connectivity index (χ2n) is 5.09. The fraction of sp³-hybridized carbons (Fsp3) is 0.438. The van der Waals surface area contributed by atoms with Gasteiger partial charge >= 0.3 is 0 Å². The molecule has 108 valence electrons. The first-order valence-corrected chi connectivity index (χ1v) is 7.05. The van der Waals surface area contributed by atoms with E-state index in [9.17, 15) is 0 Å². The molecule has 2 heterocycles. The third kappa shape index (κ3) is 3.39. The predicted molar refractivity (Wildman–Crippen MR) is 81.9 cm³/mol. The van der Waals surface area contributed by atoms with E-state index in [-0.39, 0.29) is 0 Å². The number of nitrogens with zero attached hydrogens (tertiary/aromatic N) is 2. The molecular weight excluding hydrogens is 250 g/mol. The summed E-state index contributed by atoms with van der Waals surface area (Å²) in [6, 6.07) is 6.54. The zero-order valence-corrected chi connectivity index (χ0v) is 12.7. The van der Waals surface area contributed by atoms with Gasteiger partial charge in [0, 0.05) is 31.4 Å². The molecule has 2 rings (SSSR count). The molecule has 1 unspecified atom stereocenters. The van der Waals surface area contributed by atoms with Crippen molar-refractivity contribution in [3.8, 4) is 0 Å². The Hall–Kier alpha value is -1.81. The van der Waals surface area contributed by atoms with E-state index in [4.69, 9.17) is 4.42 Å². The van der Waals surface area contributed by atoms with Crippen molar-refractivity contribution in [3.63, 3.8) is 0 Å². The number of nitrogens with one attached hydrogen (secondary N) is 1. The van der Waals surface area contributed by atoms with Crippen LogP contribution >= 0.6 is 0 Å². The average Bonchev–Trinajstić information content (AvgIpc) is 2.85. The molecule has 0 aliphatic rings. The summed E-state index contributed by atoms with van der Waals surface area (Å²) in [5.74, 6) is 1.94. The number of hydrogen-bond donors (Lipinski definition) is 1. The van der Waals surface area contributed by atoms with Crippen LogP contribution in [0.15, 0.2) is 35.1 Å². The van der Waals surface area contributed by atoms with Crippen molar-refractivity contribution in [2.45, 2.75) is 33.4 Å². The van der Waals surface area contributed by atoms with E-state index in [2.05, 4.69) is 41.2 Å². The van der Waals surface area contributed by atoms with E-state index < -0.39 is 0 Å². The number of pyridine rings is 1. The summed E-state index contributed by atoms with van der Waals surface area (Å²) in [6.45, 7) is 8.01. The van der Waals surface area contributed by atoms with Gasteiger partial charge in [0.2, 0.25) is 0 Å². The quantitative estimate of drug-likeness (QED) is 0.877. The summed E-state index contributed by atoms with van der Waals surface area (Å²) >= 11 is 0. The average molecular weight is 273 g/mol. The van der Waals surface area contributed by atoms with Crippen LogP contribution in [0, 0.1) is 6.92 Å². The van der Waals surface area contributed by atoms with Crippen molar-refractivity contribution in [3.05, 3.63) is 47.5 Å². The van der Waals surface area contributed by atoms with E-state index in [0.29, 0.717) is 6.04 Å². The highest BCUT2D eigenvalue weighted by molar-refractivity contribution is 5.40. The summed E-state index contributed by atoms with van der Waals surface area (Å²) in [4.78, 5) is 6.67. The standard InChI is InChI=1S/C16H23N3O/c1-5-17-12(2)14-6-7-16(18-10-14)19(4)11-15-8-9-20-13(15)3/h6-10,12,17H,5,11H2,1-4H3. The van der Waals surface area contributed by atoms with Crippen molar-refractivity contribution >= 4 is 5.82 Å². The van der Waals surface area contributed by atoms with Crippen LogP contribution in [0.4, 0.5) is 5.82 Å². The van der Waals surface area contributed by atoms with E-state index in [0.717, 1.165) is 24.7 Å². The van der Waals surface area contributed by atoms with E-state index in [1.165, 1.54) is 11.1 Å². The Kier molecular flexibility index (Phi) is 4.79. The Labute approximate surface area is 120 Å². The normalized spacial score (nSPS) is 12.4. The minimum absolute atomic E-state index is 0.336. The monoisotopic (exact) mass is 273 g/mol. The van der Waals surface area contributed by atoms with Crippen molar-refractivity contribution in [2.24, 2.45) is 0 Å². The topological polar surface area (TPSA) is 41.3 Å². The number of furan rings is 1. The Balaban J connectivity index is 2.04. The summed E-state index contributed by atoms with van der Waals surface area (Å²) in [7, 11) is 2.04. The van der Waals surface area contributed by atoms with E-state index >= 15 is 0 Å². The lowest BCUT2D eigenvalue weighted by molar-refractivity contribution is 0.529. The van der Waals surface area contributed by atoms with Crippen LogP contribution in [0.2, 0.25) is 0 Å². The Morgan fingerprint density at radius 1 is 1.35 bits per heavy atom. The zero-order valence-electron chi connectivity index (χ0n) is 12.7. The molecule has 0 aliphatic heterocycles. The van der Waals surface area contributed by atoms with Crippen LogP contribution in [0.3, 0.4) is 0 Å². The van der Waals surface area contributed by atoms with Crippen molar-refractivity contribution in [1.29, 1.82) is 0 Å². The number of aromatic nitrogens is 1. The number of hydrogen-bond acceptors (Lipinski definition) is 4. The predicted octanol–water partition coefficient (Wildman–Crippen LogP) is 3.29. The number of aryl methyl sites for hydroxylation is 1. The molecule has 20 heavy (non-hydrogen) atoms. The van der Waals surface area contributed by atoms with Gasteiger partial charge in [0.05, 0.1) is 6.26 Å². The Morgan fingerprint density at radius 3 is 2.70 bits per heavy atom. The summed E-state index contributed by atoms with van der Waals surface area (Å²) < 4.78 is 5.32. The molecule has 0 aliphatic carbocycles. The zero-order chi connectivity index (χ0) is 14.5. The second-order valence-corrected chi connectivity index (χ2v) is 5.09. The first-order valence-electron chi connectivity index (χ1n) is 7.05. The molecule has 0 bridgehead atoms. The molecule has 4 nitrogen and oxygen atoms in total. The van der Waals surface area contributed by atoms with Crippen LogP contribution in [-0.2, 0) is 6.54 Å². The van der Waals surface area contributed by atoms with Gasteiger partial charge in [0.15, 0.2) is 0 Å². The minimum atomic E-state index is 0.336. The van der Waals surface area contributed by atoms with Crippen LogP contribution in [-0.4, -0.2) is 18.6 Å². The molecule has 2 aromatic rings. The van der Waals surface area contributed by atoms with Crippen molar-refractivity contribution in [2.75, 3.05) is 18.5 Å². The molecule has 0 aromatic carbocycles. The van der Waals surface area contributed by atoms with Crippen LogP contribution in [0.1, 0.15) is 36.8 Å². The molecule has 0 saturated carbocycles. The maximum atomic E-state index is 5.32. The molecule has 0 spiro atoms. The minimum Gasteiger partial charge on any atom is -0.469 e. The SMILES string of the molecule is CCNC(C)c1ccc(N(C)Cc2ccoc2C)nc1. The van der Waals surface area contributed by atoms with Crippen LogP contribution < -0.4 is 10.2 Å². The van der Waals surface area contributed by atoms with E-state index in [1.807, 2.05) is 26.2 Å². The molecule has 0 radical (unpaired) electrons. The fourth-order valence-corrected chi connectivity index (χ4v) is 2.22. The lowest BCUT2D eigenvalue weighted by Crippen LogP contribution is -2.20. The van der Waals surface area contributed by atoms with Gasteiger partial charge < -0.3 is 14.6 Å². The molecule has 0 saturated heterocycles. The highest BCUT2D eigenvalue weighted by Crippen LogP contribution is 2.18. The van der Waals surface area contributed by atoms with Gasteiger partial charge in [-0.2, -0.15) is 0 Å². The first kappa shape index (κ1) is 14.6. The highest BCUT2D eigenvalue weighted by atomic mass is 16.3. The van der Waals surface area contributed by atoms with Crippen molar-refractivity contribution < 1.29 is 4.42 Å². The Morgan fingerprint density at radius 2 is 2.15 bits per heavy atom. The lowest BCUT2D eigenvalue weighted by atomic mass is 10.1. The highest BCUT2D eigenvalue weighted by Gasteiger charge is 2.09. The van der Waals surface area contributed by atoms with E-state index in [1.54, 1.807) is 6.26 Å². The summed E-state index contributed by atoms with van der Waals surface area (Å²) in [5, 5.41) is 3.39. The molecule has 2 aromatic heterocycles. The third-order valence-electron chi connectivity index (χ3n) is 3.55. The van der Waals surface area contributed by atoms with Gasteiger partial charge in [0.1, 0.15) is 11.6 Å². The van der Waals surface area contributed by atoms with Gasteiger partial charge in [-0.15, -0.1) is 0 Å². The molecule has 4 heteroatoms. The fourth-order valence-electron chi connectivity index (χ4n) is 2.22. The molecular formula is C16H23N3O. The van der Waals surface area contributed by atoms with Gasteiger partial charge in [0.25, 0.3) is 0 Å². The van der Waals surface area contributed by atoms with Gasteiger partial charge in [-0.3, -0.25) is 0 Å². The third-order valence-corrected chi connectivity index (χ3v) is 3.55. The smallest absolute Gasteiger partial charge is 0.128 e. The Bertz CT molecular complexity index is 533. The molecule has 0 fully saturated rings. The van der Waals surface area contributed by atoms with Crippen molar-refractivity contribution in [1.82, 2.24) is 10.3 Å². The summed E-state index contributed by atoms with van der Waals surface area (Å²) in [5.41, 5.74) is 2.41. The first-order chi connectivity index (χ1) is 9.61. The van der Waals surface area contributed by atoms with Crippen LogP contribution in [0.5, 0.6) is 0 Å². The van der Waals surface area contributed by atoms with Gasteiger partial charge in [-0.25, -0.2) is 4.98 Å². The largest absolute Gasteiger partial charge is 0.469 e. The van der Waals surface area contributed by atoms with Gasteiger partial charge in [-0.05, 0) is 38.1 Å². The molecule has 1 atom stereocenters. The number of rotatable bonds is 6. The summed E-state index contributed by atoms with van der Waals surface area (Å²) in [6.07, 6.45) is 3.68. The molecule has 1 N–H and O–H groups in total. The maximum absolute atomic E-state index is 5.32. The lowest BCUT2D eigenvalue weighted by Gasteiger charge is -2.19. The maximum Gasteiger partial charge on any atom is 0.128 e. The number of anilines is 1. The molecule has 0 amide bonds. The van der Waals surface area contributed by atoms with Crippen LogP contribution in [0.25, 0.3) is 0 Å².